The molecule has 0 radical (unpaired) electrons. The van der Waals surface area contributed by atoms with Gasteiger partial charge in [0.25, 0.3) is 0 Å². The number of likely N-dealkylation sites (tertiary alicyclic amines) is 1. The zero-order valence-corrected chi connectivity index (χ0v) is 13.8. The fourth-order valence-corrected chi connectivity index (χ4v) is 3.44. The summed E-state index contributed by atoms with van der Waals surface area (Å²) in [4.78, 5) is 17.1. The van der Waals surface area contributed by atoms with Crippen molar-refractivity contribution in [1.82, 2.24) is 9.80 Å². The summed E-state index contributed by atoms with van der Waals surface area (Å²) < 4.78 is 5.23. The molecule has 0 amide bonds. The highest BCUT2D eigenvalue weighted by Gasteiger charge is 2.50. The molecule has 1 aliphatic heterocycles. The molecule has 0 aromatic heterocycles. The summed E-state index contributed by atoms with van der Waals surface area (Å²) in [6.07, 6.45) is 4.43. The third-order valence-electron chi connectivity index (χ3n) is 5.10. The van der Waals surface area contributed by atoms with E-state index in [2.05, 4.69) is 23.8 Å². The second-order valence-corrected chi connectivity index (χ2v) is 6.62. The molecule has 0 aromatic rings. The molecule has 1 aliphatic carbocycles. The second kappa shape index (κ2) is 7.07. The van der Waals surface area contributed by atoms with Crippen molar-refractivity contribution < 1.29 is 9.53 Å². The molecule has 2 aliphatic rings. The number of esters is 1. The van der Waals surface area contributed by atoms with Crippen LogP contribution in [0.2, 0.25) is 0 Å². The van der Waals surface area contributed by atoms with Crippen molar-refractivity contribution >= 4 is 5.97 Å². The van der Waals surface area contributed by atoms with Crippen molar-refractivity contribution in [3.63, 3.8) is 0 Å². The summed E-state index contributed by atoms with van der Waals surface area (Å²) in [5.41, 5.74) is 5.65. The predicted molar refractivity (Wildman–Crippen MR) is 84.0 cm³/mol. The van der Waals surface area contributed by atoms with Gasteiger partial charge in [0.2, 0.25) is 0 Å². The largest absolute Gasteiger partial charge is 0.465 e. The zero-order chi connectivity index (χ0) is 15.5. The third kappa shape index (κ3) is 3.96. The van der Waals surface area contributed by atoms with Gasteiger partial charge in [-0.05, 0) is 65.2 Å². The van der Waals surface area contributed by atoms with E-state index in [0.29, 0.717) is 25.1 Å². The Labute approximate surface area is 128 Å². The molecule has 5 nitrogen and oxygen atoms in total. The Morgan fingerprint density at radius 1 is 1.29 bits per heavy atom. The van der Waals surface area contributed by atoms with E-state index in [1.165, 1.54) is 0 Å². The van der Waals surface area contributed by atoms with Crippen molar-refractivity contribution in [3.8, 4) is 0 Å². The molecule has 1 unspecified atom stereocenters. The van der Waals surface area contributed by atoms with Crippen LogP contribution in [-0.2, 0) is 9.53 Å². The summed E-state index contributed by atoms with van der Waals surface area (Å²) in [6.45, 7) is 8.49. The van der Waals surface area contributed by atoms with Gasteiger partial charge in [0.1, 0.15) is 5.54 Å². The van der Waals surface area contributed by atoms with Crippen LogP contribution in [0.15, 0.2) is 0 Å². The van der Waals surface area contributed by atoms with Crippen molar-refractivity contribution in [1.29, 1.82) is 0 Å². The minimum absolute atomic E-state index is 0.217. The lowest BCUT2D eigenvalue weighted by Crippen LogP contribution is -2.60. The van der Waals surface area contributed by atoms with Gasteiger partial charge in [0.05, 0.1) is 6.61 Å². The van der Waals surface area contributed by atoms with Gasteiger partial charge in [-0.1, -0.05) is 6.92 Å². The molecular formula is C16H31N3O2. The highest BCUT2D eigenvalue weighted by atomic mass is 16.5. The highest BCUT2D eigenvalue weighted by Crippen LogP contribution is 2.39. The van der Waals surface area contributed by atoms with Crippen molar-refractivity contribution in [2.24, 2.45) is 11.7 Å². The van der Waals surface area contributed by atoms with E-state index >= 15 is 0 Å². The second-order valence-electron chi connectivity index (χ2n) is 6.62. The smallest absolute Gasteiger partial charge is 0.327 e. The summed E-state index contributed by atoms with van der Waals surface area (Å²) in [7, 11) is 2.11. The average molecular weight is 297 g/mol. The van der Waals surface area contributed by atoms with Crippen LogP contribution in [0.1, 0.15) is 39.5 Å². The molecule has 1 saturated carbocycles. The molecule has 0 bridgehead atoms. The maximum atomic E-state index is 12.3. The summed E-state index contributed by atoms with van der Waals surface area (Å²) in [5.74, 6) is 0.0834. The van der Waals surface area contributed by atoms with E-state index in [1.54, 1.807) is 0 Å². The van der Waals surface area contributed by atoms with Gasteiger partial charge >= 0.3 is 5.97 Å². The minimum atomic E-state index is -0.813. The lowest BCUT2D eigenvalue weighted by Gasteiger charge is -2.40. The fourth-order valence-electron chi connectivity index (χ4n) is 3.44. The van der Waals surface area contributed by atoms with Crippen LogP contribution in [0.25, 0.3) is 0 Å². The molecule has 1 saturated heterocycles. The molecule has 2 fully saturated rings. The summed E-state index contributed by atoms with van der Waals surface area (Å²) in [6, 6.07) is 0.531. The van der Waals surface area contributed by atoms with Gasteiger partial charge in [-0.3, -0.25) is 0 Å². The van der Waals surface area contributed by atoms with Crippen LogP contribution in [0.4, 0.5) is 0 Å². The number of carbonyl (C=O) groups excluding carboxylic acids is 1. The SMILES string of the molecule is CCOC(=O)C(N)(CN(C)C1CCN(CC)CC1)C1CC1. The lowest BCUT2D eigenvalue weighted by molar-refractivity contribution is -0.151. The van der Waals surface area contributed by atoms with E-state index in [4.69, 9.17) is 10.5 Å². The molecule has 1 atom stereocenters. The molecule has 122 valence electrons. The average Bonchev–Trinajstić information content (AvgIpc) is 3.32. The maximum absolute atomic E-state index is 12.3. The monoisotopic (exact) mass is 297 g/mol. The Hall–Kier alpha value is -0.650. The standard InChI is InChI=1S/C16H31N3O2/c1-4-19-10-8-14(9-11-19)18(3)12-16(17,13-6-7-13)15(20)21-5-2/h13-14H,4-12,17H2,1-3H3. The Kier molecular flexibility index (Phi) is 5.63. The number of likely N-dealkylation sites (N-methyl/N-ethyl adjacent to an activating group) is 1. The number of hydrogen-bond acceptors (Lipinski definition) is 5. The van der Waals surface area contributed by atoms with Gasteiger partial charge in [0.15, 0.2) is 0 Å². The van der Waals surface area contributed by atoms with Crippen molar-refractivity contribution in [3.05, 3.63) is 0 Å². The molecule has 2 N–H and O–H groups in total. The van der Waals surface area contributed by atoms with Crippen LogP contribution in [0.3, 0.4) is 0 Å². The van der Waals surface area contributed by atoms with E-state index < -0.39 is 5.54 Å². The zero-order valence-electron chi connectivity index (χ0n) is 13.8. The Balaban J connectivity index is 1.92. The summed E-state index contributed by atoms with van der Waals surface area (Å²) in [5, 5.41) is 0. The maximum Gasteiger partial charge on any atom is 0.327 e. The van der Waals surface area contributed by atoms with Crippen LogP contribution in [-0.4, -0.2) is 67.2 Å². The van der Waals surface area contributed by atoms with E-state index in [9.17, 15) is 4.79 Å². The minimum Gasteiger partial charge on any atom is -0.465 e. The quantitative estimate of drug-likeness (QED) is 0.712. The van der Waals surface area contributed by atoms with Gasteiger partial charge in [0, 0.05) is 12.6 Å². The first-order valence-electron chi connectivity index (χ1n) is 8.40. The predicted octanol–water partition coefficient (Wildman–Crippen LogP) is 1.07. The lowest BCUT2D eigenvalue weighted by atomic mass is 9.92. The number of nitrogens with zero attached hydrogens (tertiary/aromatic N) is 2. The number of nitrogens with two attached hydrogens (primary N) is 1. The molecule has 2 rings (SSSR count). The highest BCUT2D eigenvalue weighted by molar-refractivity contribution is 5.82. The third-order valence-corrected chi connectivity index (χ3v) is 5.10. The number of hydrogen-bond donors (Lipinski definition) is 1. The van der Waals surface area contributed by atoms with E-state index in [-0.39, 0.29) is 5.97 Å². The Morgan fingerprint density at radius 3 is 2.38 bits per heavy atom. The van der Waals surface area contributed by atoms with Crippen molar-refractivity contribution in [2.75, 3.05) is 39.8 Å². The molecular weight excluding hydrogens is 266 g/mol. The van der Waals surface area contributed by atoms with Crippen molar-refractivity contribution in [2.45, 2.75) is 51.1 Å². The van der Waals surface area contributed by atoms with Gasteiger partial charge < -0.3 is 20.3 Å². The number of ether oxygens (including phenoxy) is 1. The van der Waals surface area contributed by atoms with Crippen LogP contribution < -0.4 is 5.73 Å². The Bertz CT molecular complexity index is 351. The number of rotatable bonds is 7. The normalized spacial score (nSPS) is 24.0. The molecule has 0 aromatic carbocycles. The van der Waals surface area contributed by atoms with Gasteiger partial charge in [-0.2, -0.15) is 0 Å². The molecule has 5 heteroatoms. The number of piperidine rings is 1. The first-order chi connectivity index (χ1) is 10.0. The Morgan fingerprint density at radius 2 is 1.90 bits per heavy atom. The van der Waals surface area contributed by atoms with E-state index in [1.807, 2.05) is 6.92 Å². The molecule has 21 heavy (non-hydrogen) atoms. The molecule has 0 spiro atoms. The van der Waals surface area contributed by atoms with Gasteiger partial charge in [-0.25, -0.2) is 4.79 Å². The first-order valence-corrected chi connectivity index (χ1v) is 8.40. The van der Waals surface area contributed by atoms with E-state index in [0.717, 1.165) is 45.3 Å². The van der Waals surface area contributed by atoms with Gasteiger partial charge in [-0.15, -0.1) is 0 Å². The van der Waals surface area contributed by atoms with Crippen LogP contribution >= 0.6 is 0 Å². The number of carbonyl (C=O) groups is 1. The topological polar surface area (TPSA) is 58.8 Å². The van der Waals surface area contributed by atoms with Crippen LogP contribution in [0, 0.1) is 5.92 Å². The fraction of sp³-hybridized carbons (Fsp3) is 0.938. The summed E-state index contributed by atoms with van der Waals surface area (Å²) >= 11 is 0. The molecule has 1 heterocycles. The first kappa shape index (κ1) is 16.7. The van der Waals surface area contributed by atoms with Crippen LogP contribution in [0.5, 0.6) is 0 Å².